The molecule has 1 atom stereocenters. The van der Waals surface area contributed by atoms with Crippen molar-refractivity contribution in [3.05, 3.63) is 47.3 Å². The van der Waals surface area contributed by atoms with E-state index in [1.165, 1.54) is 4.90 Å². The van der Waals surface area contributed by atoms with Crippen LogP contribution in [0.1, 0.15) is 23.9 Å². The van der Waals surface area contributed by atoms with Crippen LogP contribution in [-0.4, -0.2) is 45.5 Å². The summed E-state index contributed by atoms with van der Waals surface area (Å²) in [6, 6.07) is 9.69. The minimum atomic E-state index is -0.546. The van der Waals surface area contributed by atoms with Gasteiger partial charge in [-0.3, -0.25) is 0 Å². The van der Waals surface area contributed by atoms with Gasteiger partial charge in [0.25, 0.3) is 0 Å². The summed E-state index contributed by atoms with van der Waals surface area (Å²) in [4.78, 5) is 13.5. The summed E-state index contributed by atoms with van der Waals surface area (Å²) in [5.74, 6) is 0. The maximum Gasteiger partial charge on any atom is 0.317 e. The highest BCUT2D eigenvalue weighted by atomic mass is 16.3. The Morgan fingerprint density at radius 2 is 2.00 bits per heavy atom. The molecular formula is C17H24N4O2. The van der Waals surface area contributed by atoms with Gasteiger partial charge in [-0.05, 0) is 32.9 Å². The average Bonchev–Trinajstić information content (AvgIpc) is 2.80. The monoisotopic (exact) mass is 316 g/mol. The Kier molecular flexibility index (Phi) is 5.39. The van der Waals surface area contributed by atoms with Crippen molar-refractivity contribution in [2.75, 3.05) is 13.6 Å². The molecule has 0 aliphatic heterocycles. The number of aliphatic hydroxyl groups is 1. The van der Waals surface area contributed by atoms with Crippen molar-refractivity contribution in [2.24, 2.45) is 0 Å². The van der Waals surface area contributed by atoms with Crippen molar-refractivity contribution in [1.29, 1.82) is 0 Å². The standard InChI is InChI=1S/C17H24N4O2/c1-12(22)11-20(4)17(23)18-10-16-13(2)19-21(14(16)3)15-8-6-5-7-9-15/h5-9,12,22H,10-11H2,1-4H3,(H,18,23). The van der Waals surface area contributed by atoms with E-state index in [1.54, 1.807) is 14.0 Å². The lowest BCUT2D eigenvalue weighted by molar-refractivity contribution is 0.143. The summed E-state index contributed by atoms with van der Waals surface area (Å²) in [5.41, 5.74) is 3.90. The molecular weight excluding hydrogens is 292 g/mol. The number of nitrogens with zero attached hydrogens (tertiary/aromatic N) is 3. The molecule has 0 fully saturated rings. The molecule has 0 saturated heterocycles. The van der Waals surface area contributed by atoms with Crippen molar-refractivity contribution in [3.63, 3.8) is 0 Å². The van der Waals surface area contributed by atoms with Crippen molar-refractivity contribution >= 4 is 6.03 Å². The summed E-state index contributed by atoms with van der Waals surface area (Å²) in [6.45, 7) is 6.30. The molecule has 0 bridgehead atoms. The molecule has 0 saturated carbocycles. The van der Waals surface area contributed by atoms with E-state index in [0.29, 0.717) is 13.1 Å². The molecule has 1 heterocycles. The van der Waals surface area contributed by atoms with Gasteiger partial charge in [0.15, 0.2) is 0 Å². The molecule has 124 valence electrons. The van der Waals surface area contributed by atoms with Gasteiger partial charge < -0.3 is 15.3 Å². The van der Waals surface area contributed by atoms with Crippen LogP contribution in [0.4, 0.5) is 4.79 Å². The lowest BCUT2D eigenvalue weighted by atomic mass is 10.2. The lowest BCUT2D eigenvalue weighted by Gasteiger charge is -2.19. The topological polar surface area (TPSA) is 70.4 Å². The van der Waals surface area contributed by atoms with Crippen LogP contribution in [0, 0.1) is 13.8 Å². The number of amides is 2. The number of nitrogens with one attached hydrogen (secondary N) is 1. The van der Waals surface area contributed by atoms with E-state index in [0.717, 1.165) is 22.6 Å². The van der Waals surface area contributed by atoms with E-state index in [-0.39, 0.29) is 6.03 Å². The van der Waals surface area contributed by atoms with Crippen molar-refractivity contribution in [1.82, 2.24) is 20.0 Å². The molecule has 23 heavy (non-hydrogen) atoms. The Labute approximate surface area is 136 Å². The zero-order chi connectivity index (χ0) is 17.0. The van der Waals surface area contributed by atoms with E-state index in [2.05, 4.69) is 10.4 Å². The van der Waals surface area contributed by atoms with Gasteiger partial charge in [0, 0.05) is 31.4 Å². The maximum absolute atomic E-state index is 12.0. The third kappa shape index (κ3) is 4.10. The molecule has 6 heteroatoms. The van der Waals surface area contributed by atoms with E-state index in [9.17, 15) is 9.90 Å². The number of benzene rings is 1. The first kappa shape index (κ1) is 17.0. The van der Waals surface area contributed by atoms with Crippen LogP contribution in [-0.2, 0) is 6.54 Å². The van der Waals surface area contributed by atoms with Gasteiger partial charge in [0.1, 0.15) is 0 Å². The molecule has 6 nitrogen and oxygen atoms in total. The minimum absolute atomic E-state index is 0.211. The highest BCUT2D eigenvalue weighted by Gasteiger charge is 2.15. The molecule has 1 unspecified atom stereocenters. The van der Waals surface area contributed by atoms with E-state index in [1.807, 2.05) is 48.9 Å². The molecule has 0 radical (unpaired) electrons. The summed E-state index contributed by atoms with van der Waals surface area (Å²) in [6.07, 6.45) is -0.546. The van der Waals surface area contributed by atoms with Crippen LogP contribution in [0.25, 0.3) is 5.69 Å². The van der Waals surface area contributed by atoms with Crippen molar-refractivity contribution < 1.29 is 9.90 Å². The number of hydrogen-bond acceptors (Lipinski definition) is 3. The minimum Gasteiger partial charge on any atom is -0.392 e. The summed E-state index contributed by atoms with van der Waals surface area (Å²) < 4.78 is 1.89. The summed E-state index contributed by atoms with van der Waals surface area (Å²) in [5, 5.41) is 16.8. The summed E-state index contributed by atoms with van der Waals surface area (Å²) >= 11 is 0. The van der Waals surface area contributed by atoms with E-state index >= 15 is 0 Å². The Balaban J connectivity index is 2.10. The number of aryl methyl sites for hydroxylation is 1. The highest BCUT2D eigenvalue weighted by Crippen LogP contribution is 2.17. The number of hydrogen-bond donors (Lipinski definition) is 2. The van der Waals surface area contributed by atoms with Crippen LogP contribution < -0.4 is 5.32 Å². The summed E-state index contributed by atoms with van der Waals surface area (Å²) in [7, 11) is 1.66. The number of rotatable bonds is 5. The van der Waals surface area contributed by atoms with Gasteiger partial charge in [-0.25, -0.2) is 9.48 Å². The van der Waals surface area contributed by atoms with Gasteiger partial charge in [-0.1, -0.05) is 18.2 Å². The number of likely N-dealkylation sites (N-methyl/N-ethyl adjacent to an activating group) is 1. The van der Waals surface area contributed by atoms with Gasteiger partial charge in [0.05, 0.1) is 17.5 Å². The molecule has 2 rings (SSSR count). The predicted octanol–water partition coefficient (Wildman–Crippen LogP) is 2.01. The molecule has 2 aromatic rings. The van der Waals surface area contributed by atoms with Crippen LogP contribution in [0.2, 0.25) is 0 Å². The Morgan fingerprint density at radius 1 is 1.35 bits per heavy atom. The van der Waals surface area contributed by atoms with Crippen LogP contribution in [0.15, 0.2) is 30.3 Å². The number of carbonyl (C=O) groups excluding carboxylic acids is 1. The number of aromatic nitrogens is 2. The largest absolute Gasteiger partial charge is 0.392 e. The highest BCUT2D eigenvalue weighted by molar-refractivity contribution is 5.73. The maximum atomic E-state index is 12.0. The predicted molar refractivity (Wildman–Crippen MR) is 89.6 cm³/mol. The number of carbonyl (C=O) groups is 1. The fourth-order valence-electron chi connectivity index (χ4n) is 2.53. The number of urea groups is 1. The Morgan fingerprint density at radius 3 is 2.61 bits per heavy atom. The second-order valence-corrected chi connectivity index (χ2v) is 5.78. The van der Waals surface area contributed by atoms with Crippen molar-refractivity contribution in [3.8, 4) is 5.69 Å². The molecule has 0 aliphatic rings. The number of aliphatic hydroxyl groups excluding tert-OH is 1. The quantitative estimate of drug-likeness (QED) is 0.886. The van der Waals surface area contributed by atoms with Gasteiger partial charge in [-0.15, -0.1) is 0 Å². The molecule has 1 aromatic carbocycles. The normalized spacial score (nSPS) is 12.0. The Hall–Kier alpha value is -2.34. The third-order valence-electron chi connectivity index (χ3n) is 3.74. The first-order chi connectivity index (χ1) is 10.9. The second-order valence-electron chi connectivity index (χ2n) is 5.78. The smallest absolute Gasteiger partial charge is 0.317 e. The molecule has 0 aliphatic carbocycles. The van der Waals surface area contributed by atoms with Gasteiger partial charge in [0.2, 0.25) is 0 Å². The third-order valence-corrected chi connectivity index (χ3v) is 3.74. The zero-order valence-corrected chi connectivity index (χ0v) is 14.1. The number of para-hydroxylation sites is 1. The molecule has 2 amide bonds. The van der Waals surface area contributed by atoms with Crippen LogP contribution in [0.3, 0.4) is 0 Å². The second kappa shape index (κ2) is 7.28. The van der Waals surface area contributed by atoms with Crippen LogP contribution >= 0.6 is 0 Å². The van der Waals surface area contributed by atoms with Gasteiger partial charge >= 0.3 is 6.03 Å². The molecule has 1 aromatic heterocycles. The zero-order valence-electron chi connectivity index (χ0n) is 14.1. The fourth-order valence-corrected chi connectivity index (χ4v) is 2.53. The average molecular weight is 316 g/mol. The molecule has 2 N–H and O–H groups in total. The fraction of sp³-hybridized carbons (Fsp3) is 0.412. The molecule has 0 spiro atoms. The SMILES string of the molecule is Cc1nn(-c2ccccc2)c(C)c1CNC(=O)N(C)CC(C)O. The first-order valence-corrected chi connectivity index (χ1v) is 7.67. The van der Waals surface area contributed by atoms with Gasteiger partial charge in [-0.2, -0.15) is 5.10 Å². The van der Waals surface area contributed by atoms with Crippen molar-refractivity contribution in [2.45, 2.75) is 33.4 Å². The van der Waals surface area contributed by atoms with E-state index in [4.69, 9.17) is 0 Å². The van der Waals surface area contributed by atoms with Crippen LogP contribution in [0.5, 0.6) is 0 Å². The Bertz CT molecular complexity index is 665. The first-order valence-electron chi connectivity index (χ1n) is 7.67. The van der Waals surface area contributed by atoms with E-state index < -0.39 is 6.10 Å². The lowest BCUT2D eigenvalue weighted by Crippen LogP contribution is -2.40.